The molecule has 0 amide bonds. The summed E-state index contributed by atoms with van der Waals surface area (Å²) in [6, 6.07) is 9.93. The summed E-state index contributed by atoms with van der Waals surface area (Å²) < 4.78 is 18.9. The highest BCUT2D eigenvalue weighted by molar-refractivity contribution is 5.70. The fourth-order valence-corrected chi connectivity index (χ4v) is 3.23. The van der Waals surface area contributed by atoms with Gasteiger partial charge in [-0.1, -0.05) is 12.1 Å². The Labute approximate surface area is 172 Å². The summed E-state index contributed by atoms with van der Waals surface area (Å²) in [5.74, 6) is 0.645. The maximum Gasteiger partial charge on any atom is 0.307 e. The van der Waals surface area contributed by atoms with Crippen LogP contribution in [0.3, 0.4) is 0 Å². The zero-order chi connectivity index (χ0) is 20.9. The quantitative estimate of drug-likeness (QED) is 0.664. The summed E-state index contributed by atoms with van der Waals surface area (Å²) in [7, 11) is 1.89. The zero-order valence-corrected chi connectivity index (χ0v) is 17.8. The number of carbonyl (C=O) groups excluding carboxylic acids is 1. The summed E-state index contributed by atoms with van der Waals surface area (Å²) in [4.78, 5) is 14.2. The summed E-state index contributed by atoms with van der Waals surface area (Å²) in [5.41, 5.74) is 1.57. The fourth-order valence-electron chi connectivity index (χ4n) is 3.23. The molecule has 1 aromatic carbocycles. The number of esters is 1. The topological polar surface area (TPSA) is 65.8 Å². The molecular weight excluding hydrogens is 370 g/mol. The Morgan fingerprint density at radius 3 is 2.66 bits per heavy atom. The van der Waals surface area contributed by atoms with Crippen molar-refractivity contribution in [1.29, 1.82) is 0 Å². The van der Waals surface area contributed by atoms with Gasteiger partial charge in [0.1, 0.15) is 18.0 Å². The van der Waals surface area contributed by atoms with Crippen molar-refractivity contribution in [2.45, 2.75) is 45.5 Å². The molecule has 2 heterocycles. The number of aryl methyl sites for hydroxylation is 1. The van der Waals surface area contributed by atoms with Crippen LogP contribution >= 0.6 is 0 Å². The first-order valence-electron chi connectivity index (χ1n) is 10.1. The van der Waals surface area contributed by atoms with Crippen LogP contribution in [0.25, 0.3) is 0 Å². The lowest BCUT2D eigenvalue weighted by Crippen LogP contribution is -2.39. The van der Waals surface area contributed by atoms with Gasteiger partial charge in [0.25, 0.3) is 0 Å². The highest BCUT2D eigenvalue weighted by atomic mass is 16.6. The molecule has 0 N–H and O–H groups in total. The van der Waals surface area contributed by atoms with Crippen molar-refractivity contribution < 1.29 is 19.0 Å². The van der Waals surface area contributed by atoms with E-state index in [1.165, 1.54) is 0 Å². The van der Waals surface area contributed by atoms with Crippen LogP contribution in [0.4, 0.5) is 0 Å². The van der Waals surface area contributed by atoms with Gasteiger partial charge in [-0.25, -0.2) is 0 Å². The number of ether oxygens (including phenoxy) is 3. The van der Waals surface area contributed by atoms with E-state index in [0.29, 0.717) is 26.2 Å². The van der Waals surface area contributed by atoms with Crippen molar-refractivity contribution in [3.8, 4) is 5.75 Å². The van der Waals surface area contributed by atoms with E-state index in [1.807, 2.05) is 64.3 Å². The maximum absolute atomic E-state index is 12.0. The van der Waals surface area contributed by atoms with Gasteiger partial charge in [-0.2, -0.15) is 5.10 Å². The molecular formula is C22H31N3O4. The fraction of sp³-hybridized carbons (Fsp3) is 0.545. The van der Waals surface area contributed by atoms with E-state index in [0.717, 1.165) is 30.1 Å². The summed E-state index contributed by atoms with van der Waals surface area (Å²) in [6.07, 6.45) is 2.29. The van der Waals surface area contributed by atoms with Gasteiger partial charge < -0.3 is 14.2 Å². The second-order valence-electron chi connectivity index (χ2n) is 8.33. The van der Waals surface area contributed by atoms with E-state index in [-0.39, 0.29) is 12.1 Å². The molecule has 0 bridgehead atoms. The SMILES string of the molecule is Cn1ccc(COc2ccc(C3CN(CCC(=O)OC(C)(C)C)CCO3)cc2)n1. The first-order chi connectivity index (χ1) is 13.8. The molecule has 1 aromatic heterocycles. The second kappa shape index (κ2) is 9.41. The molecule has 1 fully saturated rings. The molecule has 29 heavy (non-hydrogen) atoms. The van der Waals surface area contributed by atoms with Gasteiger partial charge in [-0.05, 0) is 44.5 Å². The minimum Gasteiger partial charge on any atom is -0.487 e. The second-order valence-corrected chi connectivity index (χ2v) is 8.33. The number of benzene rings is 1. The van der Waals surface area contributed by atoms with Crippen LogP contribution in [0.1, 0.15) is 44.6 Å². The molecule has 3 rings (SSSR count). The van der Waals surface area contributed by atoms with Crippen LogP contribution in [0.2, 0.25) is 0 Å². The van der Waals surface area contributed by atoms with E-state index in [4.69, 9.17) is 14.2 Å². The molecule has 0 saturated carbocycles. The summed E-state index contributed by atoms with van der Waals surface area (Å²) in [6.45, 7) is 9.02. The Kier molecular flexibility index (Phi) is 6.92. The van der Waals surface area contributed by atoms with Crippen molar-refractivity contribution >= 4 is 5.97 Å². The van der Waals surface area contributed by atoms with Crippen molar-refractivity contribution in [3.05, 3.63) is 47.8 Å². The van der Waals surface area contributed by atoms with Crippen molar-refractivity contribution in [3.63, 3.8) is 0 Å². The van der Waals surface area contributed by atoms with E-state index >= 15 is 0 Å². The molecule has 1 atom stereocenters. The largest absolute Gasteiger partial charge is 0.487 e. The van der Waals surface area contributed by atoms with Crippen LogP contribution in [0.15, 0.2) is 36.5 Å². The van der Waals surface area contributed by atoms with Crippen molar-refractivity contribution in [2.24, 2.45) is 7.05 Å². The van der Waals surface area contributed by atoms with Crippen molar-refractivity contribution in [1.82, 2.24) is 14.7 Å². The standard InChI is InChI=1S/C22H31N3O4/c1-22(2,3)29-21(26)10-12-25-13-14-27-20(15-25)17-5-7-19(8-6-17)28-16-18-9-11-24(4)23-18/h5-9,11,20H,10,12-16H2,1-4H3. The number of rotatable bonds is 7. The third kappa shape index (κ3) is 6.87. The summed E-state index contributed by atoms with van der Waals surface area (Å²) >= 11 is 0. The van der Waals surface area contributed by atoms with Gasteiger partial charge in [-0.15, -0.1) is 0 Å². The van der Waals surface area contributed by atoms with E-state index in [2.05, 4.69) is 10.00 Å². The lowest BCUT2D eigenvalue weighted by Gasteiger charge is -2.33. The number of aromatic nitrogens is 2. The number of morpholine rings is 1. The first kappa shape index (κ1) is 21.3. The van der Waals surface area contributed by atoms with Crippen LogP contribution < -0.4 is 4.74 Å². The van der Waals surface area contributed by atoms with Crippen LogP contribution in [0, 0.1) is 0 Å². The van der Waals surface area contributed by atoms with E-state index in [9.17, 15) is 4.79 Å². The molecule has 1 aliphatic rings. The molecule has 2 aromatic rings. The van der Waals surface area contributed by atoms with Gasteiger partial charge in [-0.3, -0.25) is 14.4 Å². The molecule has 1 saturated heterocycles. The predicted octanol–water partition coefficient (Wildman–Crippen LogP) is 3.10. The Morgan fingerprint density at radius 1 is 1.24 bits per heavy atom. The number of nitrogens with zero attached hydrogens (tertiary/aromatic N) is 3. The zero-order valence-electron chi connectivity index (χ0n) is 17.8. The first-order valence-corrected chi connectivity index (χ1v) is 10.1. The molecule has 0 aliphatic carbocycles. The Hall–Kier alpha value is -2.38. The van der Waals surface area contributed by atoms with Gasteiger partial charge in [0, 0.05) is 32.9 Å². The van der Waals surface area contributed by atoms with Gasteiger partial charge in [0.2, 0.25) is 0 Å². The number of carbonyl (C=O) groups is 1. The third-order valence-corrected chi connectivity index (χ3v) is 4.61. The average Bonchev–Trinajstić information content (AvgIpc) is 3.09. The van der Waals surface area contributed by atoms with Gasteiger partial charge in [0.05, 0.1) is 24.8 Å². The van der Waals surface area contributed by atoms with Crippen LogP contribution in [-0.2, 0) is 27.9 Å². The minimum absolute atomic E-state index is 0.00720. The predicted molar refractivity (Wildman–Crippen MR) is 110 cm³/mol. The van der Waals surface area contributed by atoms with Gasteiger partial charge in [0.15, 0.2) is 0 Å². The highest BCUT2D eigenvalue weighted by Gasteiger charge is 2.23. The molecule has 158 valence electrons. The Morgan fingerprint density at radius 2 is 2.00 bits per heavy atom. The minimum atomic E-state index is -0.439. The van der Waals surface area contributed by atoms with Gasteiger partial charge >= 0.3 is 5.97 Å². The molecule has 7 heteroatoms. The molecule has 1 unspecified atom stereocenters. The van der Waals surface area contributed by atoms with Crippen LogP contribution in [-0.4, -0.2) is 52.5 Å². The number of hydrogen-bond acceptors (Lipinski definition) is 6. The monoisotopic (exact) mass is 401 g/mol. The third-order valence-electron chi connectivity index (χ3n) is 4.61. The van der Waals surface area contributed by atoms with Crippen LogP contribution in [0.5, 0.6) is 5.75 Å². The lowest BCUT2D eigenvalue weighted by atomic mass is 10.1. The van der Waals surface area contributed by atoms with E-state index in [1.54, 1.807) is 4.68 Å². The molecule has 1 aliphatic heterocycles. The Bertz CT molecular complexity index is 795. The molecule has 0 spiro atoms. The normalized spacial score (nSPS) is 17.9. The smallest absolute Gasteiger partial charge is 0.307 e. The van der Waals surface area contributed by atoms with E-state index < -0.39 is 5.60 Å². The molecule has 7 nitrogen and oxygen atoms in total. The average molecular weight is 402 g/mol. The summed E-state index contributed by atoms with van der Waals surface area (Å²) in [5, 5.41) is 4.31. The highest BCUT2D eigenvalue weighted by Crippen LogP contribution is 2.25. The Balaban J connectivity index is 1.47. The van der Waals surface area contributed by atoms with Crippen molar-refractivity contribution in [2.75, 3.05) is 26.2 Å². The maximum atomic E-state index is 12.0. The molecule has 0 radical (unpaired) electrons. The lowest BCUT2D eigenvalue weighted by molar-refractivity contribution is -0.155. The number of hydrogen-bond donors (Lipinski definition) is 0.